The van der Waals surface area contributed by atoms with Gasteiger partial charge < -0.3 is 9.47 Å². The van der Waals surface area contributed by atoms with Crippen molar-refractivity contribution < 1.29 is 9.47 Å². The van der Waals surface area contributed by atoms with E-state index in [-0.39, 0.29) is 5.92 Å². The van der Waals surface area contributed by atoms with Gasteiger partial charge in [-0.2, -0.15) is 5.26 Å². The van der Waals surface area contributed by atoms with Gasteiger partial charge in [-0.15, -0.1) is 0 Å². The molecule has 0 radical (unpaired) electrons. The first-order chi connectivity index (χ1) is 9.33. The van der Waals surface area contributed by atoms with Crippen LogP contribution in [0.3, 0.4) is 0 Å². The molecule has 1 saturated carbocycles. The highest BCUT2D eigenvalue weighted by atomic mass is 16.5. The third-order valence-corrected chi connectivity index (χ3v) is 4.28. The van der Waals surface area contributed by atoms with E-state index in [2.05, 4.69) is 6.07 Å². The lowest BCUT2D eigenvalue weighted by molar-refractivity contribution is 0.199. The van der Waals surface area contributed by atoms with Crippen LogP contribution in [-0.2, 0) is 6.42 Å². The zero-order chi connectivity index (χ0) is 13.2. The fraction of sp³-hybridized carbons (Fsp3) is 0.562. The molecule has 2 aliphatic rings. The lowest BCUT2D eigenvalue weighted by Gasteiger charge is -2.19. The van der Waals surface area contributed by atoms with Crippen LogP contribution in [0.25, 0.3) is 0 Å². The quantitative estimate of drug-likeness (QED) is 0.831. The minimum Gasteiger partial charge on any atom is -0.493 e. The van der Waals surface area contributed by atoms with E-state index in [9.17, 15) is 5.26 Å². The molecule has 0 saturated heterocycles. The summed E-state index contributed by atoms with van der Waals surface area (Å²) in [6.07, 6.45) is 6.92. The van der Waals surface area contributed by atoms with Crippen molar-refractivity contribution >= 4 is 0 Å². The van der Waals surface area contributed by atoms with Crippen LogP contribution in [-0.4, -0.2) is 13.2 Å². The van der Waals surface area contributed by atoms with E-state index in [4.69, 9.17) is 9.47 Å². The summed E-state index contributed by atoms with van der Waals surface area (Å²) in [6.45, 7) is 0. The largest absolute Gasteiger partial charge is 0.493 e. The molecule has 3 nitrogen and oxygen atoms in total. The molecular formula is C16H19NO2. The van der Waals surface area contributed by atoms with E-state index >= 15 is 0 Å². The van der Waals surface area contributed by atoms with Crippen LogP contribution in [0.5, 0.6) is 11.5 Å². The Morgan fingerprint density at radius 2 is 2.00 bits per heavy atom. The van der Waals surface area contributed by atoms with Gasteiger partial charge in [-0.05, 0) is 50.2 Å². The molecule has 3 heteroatoms. The van der Waals surface area contributed by atoms with Crippen LogP contribution in [0, 0.1) is 11.3 Å². The number of fused-ring (bicyclic) bond motifs is 1. The molecule has 0 amide bonds. The van der Waals surface area contributed by atoms with Crippen molar-refractivity contribution in [3.63, 3.8) is 0 Å². The van der Waals surface area contributed by atoms with Gasteiger partial charge in [-0.25, -0.2) is 0 Å². The van der Waals surface area contributed by atoms with Crippen molar-refractivity contribution in [2.24, 2.45) is 0 Å². The Bertz CT molecular complexity index is 512. The first-order valence-corrected chi connectivity index (χ1v) is 7.09. The normalized spacial score (nSPS) is 22.0. The number of benzene rings is 1. The van der Waals surface area contributed by atoms with Gasteiger partial charge in [0.1, 0.15) is 0 Å². The highest BCUT2D eigenvalue weighted by Crippen LogP contribution is 2.44. The van der Waals surface area contributed by atoms with Crippen LogP contribution in [0.4, 0.5) is 0 Å². The Morgan fingerprint density at radius 1 is 1.21 bits per heavy atom. The number of rotatable bonds is 3. The Balaban J connectivity index is 1.96. The minimum atomic E-state index is 0.0202. The van der Waals surface area contributed by atoms with Crippen LogP contribution < -0.4 is 9.47 Å². The van der Waals surface area contributed by atoms with Gasteiger partial charge in [0.2, 0.25) is 0 Å². The number of hydrogen-bond acceptors (Lipinski definition) is 3. The number of nitriles is 1. The minimum absolute atomic E-state index is 0.0202. The third kappa shape index (κ3) is 2.16. The monoisotopic (exact) mass is 257 g/mol. The molecule has 1 atom stereocenters. The van der Waals surface area contributed by atoms with Crippen LogP contribution in [0.2, 0.25) is 0 Å². The first kappa shape index (κ1) is 12.3. The molecular weight excluding hydrogens is 238 g/mol. The average molecular weight is 257 g/mol. The second-order valence-corrected chi connectivity index (χ2v) is 5.41. The van der Waals surface area contributed by atoms with Gasteiger partial charge in [-0.1, -0.05) is 6.07 Å². The van der Waals surface area contributed by atoms with E-state index in [1.165, 1.54) is 18.4 Å². The van der Waals surface area contributed by atoms with Gasteiger partial charge in [0, 0.05) is 5.56 Å². The fourth-order valence-electron chi connectivity index (χ4n) is 3.25. The van der Waals surface area contributed by atoms with Gasteiger partial charge in [0.05, 0.1) is 25.2 Å². The highest BCUT2D eigenvalue weighted by Gasteiger charge is 2.29. The second kappa shape index (κ2) is 5.13. The topological polar surface area (TPSA) is 42.2 Å². The summed E-state index contributed by atoms with van der Waals surface area (Å²) in [5, 5.41) is 9.19. The number of methoxy groups -OCH3 is 1. The molecule has 100 valence electrons. The second-order valence-electron chi connectivity index (χ2n) is 5.41. The van der Waals surface area contributed by atoms with Gasteiger partial charge >= 0.3 is 0 Å². The first-order valence-electron chi connectivity index (χ1n) is 7.09. The summed E-state index contributed by atoms with van der Waals surface area (Å²) in [5.41, 5.74) is 2.33. The van der Waals surface area contributed by atoms with Gasteiger partial charge in [0.25, 0.3) is 0 Å². The van der Waals surface area contributed by atoms with Crippen molar-refractivity contribution in [2.45, 2.75) is 50.5 Å². The molecule has 0 aliphatic heterocycles. The Hall–Kier alpha value is -1.69. The SMILES string of the molecule is COc1ccc2c(c1OC1CCCC1)CCC2C#N. The Labute approximate surface area is 114 Å². The molecule has 0 heterocycles. The van der Waals surface area contributed by atoms with Crippen LogP contribution >= 0.6 is 0 Å². The van der Waals surface area contributed by atoms with Crippen molar-refractivity contribution in [3.8, 4) is 17.6 Å². The zero-order valence-corrected chi connectivity index (χ0v) is 11.3. The number of ether oxygens (including phenoxy) is 2. The molecule has 1 unspecified atom stereocenters. The highest BCUT2D eigenvalue weighted by molar-refractivity contribution is 5.55. The van der Waals surface area contributed by atoms with E-state index in [0.717, 1.165) is 42.7 Å². The molecule has 0 aromatic heterocycles. The van der Waals surface area contributed by atoms with E-state index in [0.29, 0.717) is 6.10 Å². The molecule has 3 rings (SSSR count). The maximum absolute atomic E-state index is 9.19. The zero-order valence-electron chi connectivity index (χ0n) is 11.3. The van der Waals surface area contributed by atoms with Crippen molar-refractivity contribution in [3.05, 3.63) is 23.3 Å². The predicted octanol–water partition coefficient (Wildman–Crippen LogP) is 3.57. The summed E-state index contributed by atoms with van der Waals surface area (Å²) in [5.74, 6) is 1.72. The maximum Gasteiger partial charge on any atom is 0.165 e. The third-order valence-electron chi connectivity index (χ3n) is 4.28. The van der Waals surface area contributed by atoms with Crippen molar-refractivity contribution in [2.75, 3.05) is 7.11 Å². The van der Waals surface area contributed by atoms with E-state index < -0.39 is 0 Å². The molecule has 0 N–H and O–H groups in total. The molecule has 0 spiro atoms. The summed E-state index contributed by atoms with van der Waals surface area (Å²) in [7, 11) is 1.68. The molecule has 1 aromatic carbocycles. The summed E-state index contributed by atoms with van der Waals surface area (Å²) in [4.78, 5) is 0. The Morgan fingerprint density at radius 3 is 2.68 bits per heavy atom. The van der Waals surface area contributed by atoms with Crippen molar-refractivity contribution in [1.29, 1.82) is 5.26 Å². The molecule has 1 aromatic rings. The molecule has 19 heavy (non-hydrogen) atoms. The maximum atomic E-state index is 9.19. The smallest absolute Gasteiger partial charge is 0.165 e. The molecule has 2 aliphatic carbocycles. The Kier molecular flexibility index (Phi) is 3.33. The van der Waals surface area contributed by atoms with Crippen LogP contribution in [0.1, 0.15) is 49.1 Å². The van der Waals surface area contributed by atoms with E-state index in [1.807, 2.05) is 12.1 Å². The molecule has 0 bridgehead atoms. The lowest BCUT2D eigenvalue weighted by atomic mass is 10.0. The van der Waals surface area contributed by atoms with Crippen LogP contribution in [0.15, 0.2) is 12.1 Å². The number of hydrogen-bond donors (Lipinski definition) is 0. The van der Waals surface area contributed by atoms with E-state index in [1.54, 1.807) is 7.11 Å². The predicted molar refractivity (Wildman–Crippen MR) is 72.6 cm³/mol. The summed E-state index contributed by atoms with van der Waals surface area (Å²) < 4.78 is 11.6. The van der Waals surface area contributed by atoms with Gasteiger partial charge in [0.15, 0.2) is 11.5 Å². The van der Waals surface area contributed by atoms with Gasteiger partial charge in [-0.3, -0.25) is 0 Å². The molecule has 1 fully saturated rings. The number of nitrogens with zero attached hydrogens (tertiary/aromatic N) is 1. The summed E-state index contributed by atoms with van der Waals surface area (Å²) >= 11 is 0. The fourth-order valence-corrected chi connectivity index (χ4v) is 3.25. The average Bonchev–Trinajstić information content (AvgIpc) is 3.07. The lowest BCUT2D eigenvalue weighted by Crippen LogP contribution is -2.13. The standard InChI is InChI=1S/C16H19NO2/c1-18-15-9-8-13-11(10-17)6-7-14(13)16(15)19-12-4-2-3-5-12/h8-9,11-12H,2-7H2,1H3. The van der Waals surface area contributed by atoms with Crippen molar-refractivity contribution in [1.82, 2.24) is 0 Å². The summed E-state index contributed by atoms with van der Waals surface area (Å²) in [6, 6.07) is 6.35.